The molecule has 0 aliphatic heterocycles. The first-order valence-electron chi connectivity index (χ1n) is 5.45. The highest BCUT2D eigenvalue weighted by atomic mass is 15.2. The number of rotatable bonds is 2. The lowest BCUT2D eigenvalue weighted by molar-refractivity contribution is 1.06. The number of nitrogens with two attached hydrogens (primary N) is 1. The number of aryl methyl sites for hydroxylation is 1. The Bertz CT molecular complexity index is 598. The Morgan fingerprint density at radius 1 is 1.28 bits per heavy atom. The summed E-state index contributed by atoms with van der Waals surface area (Å²) in [6.07, 6.45) is 1.69. The van der Waals surface area contributed by atoms with Gasteiger partial charge in [0.25, 0.3) is 0 Å². The van der Waals surface area contributed by atoms with Gasteiger partial charge >= 0.3 is 0 Å². The molecule has 0 radical (unpaired) electrons. The maximum Gasteiger partial charge on any atom is 0.221 e. The van der Waals surface area contributed by atoms with Crippen molar-refractivity contribution in [2.75, 3.05) is 17.7 Å². The summed E-state index contributed by atoms with van der Waals surface area (Å²) in [5, 5.41) is 8.76. The number of anilines is 3. The quantitative estimate of drug-likeness (QED) is 0.867. The van der Waals surface area contributed by atoms with E-state index in [1.807, 2.05) is 31.0 Å². The molecule has 18 heavy (non-hydrogen) atoms. The SMILES string of the molecule is Cc1cnc(N)nc1N(C)c1ccc(C#N)cc1. The fraction of sp³-hybridized carbons (Fsp3) is 0.154. The van der Waals surface area contributed by atoms with Crippen LogP contribution in [0.4, 0.5) is 17.5 Å². The molecule has 2 rings (SSSR count). The maximum atomic E-state index is 8.76. The van der Waals surface area contributed by atoms with Gasteiger partial charge in [0.1, 0.15) is 5.82 Å². The molecular formula is C13H13N5. The van der Waals surface area contributed by atoms with E-state index in [1.54, 1.807) is 18.3 Å². The van der Waals surface area contributed by atoms with Crippen LogP contribution in [0.3, 0.4) is 0 Å². The smallest absolute Gasteiger partial charge is 0.221 e. The lowest BCUT2D eigenvalue weighted by Gasteiger charge is -2.20. The summed E-state index contributed by atoms with van der Waals surface area (Å²) in [4.78, 5) is 10.1. The highest BCUT2D eigenvalue weighted by Crippen LogP contribution is 2.24. The molecule has 2 aromatic rings. The summed E-state index contributed by atoms with van der Waals surface area (Å²) >= 11 is 0. The van der Waals surface area contributed by atoms with Gasteiger partial charge in [-0.3, -0.25) is 0 Å². The van der Waals surface area contributed by atoms with Crippen LogP contribution in [-0.4, -0.2) is 17.0 Å². The molecule has 0 saturated heterocycles. The van der Waals surface area contributed by atoms with Crippen LogP contribution in [0.15, 0.2) is 30.5 Å². The molecule has 1 aromatic heterocycles. The predicted molar refractivity (Wildman–Crippen MR) is 70.4 cm³/mol. The van der Waals surface area contributed by atoms with Crippen molar-refractivity contribution in [1.82, 2.24) is 9.97 Å². The molecule has 0 bridgehead atoms. The second-order valence-corrected chi connectivity index (χ2v) is 3.95. The lowest BCUT2D eigenvalue weighted by atomic mass is 10.2. The average molecular weight is 239 g/mol. The van der Waals surface area contributed by atoms with Gasteiger partial charge in [-0.1, -0.05) is 0 Å². The average Bonchev–Trinajstić information content (AvgIpc) is 2.41. The first-order chi connectivity index (χ1) is 8.61. The number of hydrogen-bond donors (Lipinski definition) is 1. The van der Waals surface area contributed by atoms with Gasteiger partial charge in [-0.25, -0.2) is 4.98 Å². The third-order valence-electron chi connectivity index (χ3n) is 2.67. The second kappa shape index (κ2) is 4.72. The summed E-state index contributed by atoms with van der Waals surface area (Å²) in [5.74, 6) is 1.00. The Hall–Kier alpha value is -2.61. The minimum Gasteiger partial charge on any atom is -0.368 e. The van der Waals surface area contributed by atoms with E-state index >= 15 is 0 Å². The van der Waals surface area contributed by atoms with Crippen molar-refractivity contribution in [1.29, 1.82) is 5.26 Å². The summed E-state index contributed by atoms with van der Waals surface area (Å²) in [7, 11) is 1.90. The molecule has 2 N–H and O–H groups in total. The zero-order chi connectivity index (χ0) is 13.1. The summed E-state index contributed by atoms with van der Waals surface area (Å²) in [6, 6.07) is 9.37. The van der Waals surface area contributed by atoms with Crippen molar-refractivity contribution >= 4 is 17.5 Å². The monoisotopic (exact) mass is 239 g/mol. The number of hydrogen-bond acceptors (Lipinski definition) is 5. The van der Waals surface area contributed by atoms with E-state index in [9.17, 15) is 0 Å². The Morgan fingerprint density at radius 3 is 2.56 bits per heavy atom. The molecule has 0 saturated carbocycles. The molecular weight excluding hydrogens is 226 g/mol. The van der Waals surface area contributed by atoms with Gasteiger partial charge in [0, 0.05) is 24.5 Å². The Labute approximate surface area is 106 Å². The van der Waals surface area contributed by atoms with Crippen molar-refractivity contribution in [2.24, 2.45) is 0 Å². The summed E-state index contributed by atoms with van der Waals surface area (Å²) in [5.41, 5.74) is 8.11. The number of benzene rings is 1. The van der Waals surface area contributed by atoms with Gasteiger partial charge in [-0.2, -0.15) is 10.2 Å². The van der Waals surface area contributed by atoms with Crippen LogP contribution in [0.1, 0.15) is 11.1 Å². The van der Waals surface area contributed by atoms with Crippen molar-refractivity contribution in [3.05, 3.63) is 41.6 Å². The minimum absolute atomic E-state index is 0.246. The topological polar surface area (TPSA) is 78.8 Å². The molecule has 0 aliphatic carbocycles. The third kappa shape index (κ3) is 2.23. The van der Waals surface area contributed by atoms with Crippen molar-refractivity contribution in [2.45, 2.75) is 6.92 Å². The molecule has 5 nitrogen and oxygen atoms in total. The van der Waals surface area contributed by atoms with Gasteiger partial charge < -0.3 is 10.6 Å². The highest BCUT2D eigenvalue weighted by Gasteiger charge is 2.09. The van der Waals surface area contributed by atoms with Crippen LogP contribution < -0.4 is 10.6 Å². The second-order valence-electron chi connectivity index (χ2n) is 3.95. The van der Waals surface area contributed by atoms with E-state index in [0.717, 1.165) is 17.1 Å². The van der Waals surface area contributed by atoms with Crippen LogP contribution in [0, 0.1) is 18.3 Å². The van der Waals surface area contributed by atoms with Gasteiger partial charge in [-0.05, 0) is 31.2 Å². The molecule has 0 spiro atoms. The van der Waals surface area contributed by atoms with Gasteiger partial charge in [0.15, 0.2) is 0 Å². The van der Waals surface area contributed by atoms with Gasteiger partial charge in [0.2, 0.25) is 5.95 Å². The van der Waals surface area contributed by atoms with E-state index in [4.69, 9.17) is 11.0 Å². The van der Waals surface area contributed by atoms with Crippen molar-refractivity contribution in [3.8, 4) is 6.07 Å². The normalized spacial score (nSPS) is 9.83. The number of aromatic nitrogens is 2. The lowest BCUT2D eigenvalue weighted by Crippen LogP contribution is -2.14. The zero-order valence-electron chi connectivity index (χ0n) is 10.3. The zero-order valence-corrected chi connectivity index (χ0v) is 10.3. The molecule has 1 heterocycles. The number of nitrogens with zero attached hydrogens (tertiary/aromatic N) is 4. The Morgan fingerprint density at radius 2 is 1.94 bits per heavy atom. The first kappa shape index (κ1) is 11.9. The molecule has 0 fully saturated rings. The minimum atomic E-state index is 0.246. The van der Waals surface area contributed by atoms with Crippen molar-refractivity contribution in [3.63, 3.8) is 0 Å². The number of nitriles is 1. The molecule has 0 amide bonds. The third-order valence-corrected chi connectivity index (χ3v) is 2.67. The van der Waals surface area contributed by atoms with Crippen LogP contribution in [-0.2, 0) is 0 Å². The van der Waals surface area contributed by atoms with E-state index in [0.29, 0.717) is 5.56 Å². The van der Waals surface area contributed by atoms with Crippen LogP contribution >= 0.6 is 0 Å². The van der Waals surface area contributed by atoms with E-state index in [2.05, 4.69) is 16.0 Å². The fourth-order valence-electron chi connectivity index (χ4n) is 1.67. The first-order valence-corrected chi connectivity index (χ1v) is 5.45. The molecule has 0 unspecified atom stereocenters. The van der Waals surface area contributed by atoms with Crippen LogP contribution in [0.2, 0.25) is 0 Å². The maximum absolute atomic E-state index is 8.76. The molecule has 90 valence electrons. The Balaban J connectivity index is 2.38. The molecule has 1 aromatic carbocycles. The van der Waals surface area contributed by atoms with E-state index < -0.39 is 0 Å². The molecule has 0 aliphatic rings. The number of nitrogen functional groups attached to an aromatic ring is 1. The summed E-state index contributed by atoms with van der Waals surface area (Å²) < 4.78 is 0. The Kier molecular flexibility index (Phi) is 3.11. The highest BCUT2D eigenvalue weighted by molar-refractivity contribution is 5.63. The van der Waals surface area contributed by atoms with Crippen LogP contribution in [0.25, 0.3) is 0 Å². The van der Waals surface area contributed by atoms with E-state index in [1.165, 1.54) is 0 Å². The van der Waals surface area contributed by atoms with Gasteiger partial charge in [0.05, 0.1) is 11.6 Å². The van der Waals surface area contributed by atoms with Crippen molar-refractivity contribution < 1.29 is 0 Å². The predicted octanol–water partition coefficient (Wildman–Crippen LogP) is 2.01. The summed E-state index contributed by atoms with van der Waals surface area (Å²) in [6.45, 7) is 1.93. The van der Waals surface area contributed by atoms with Crippen LogP contribution in [0.5, 0.6) is 0 Å². The molecule has 5 heteroatoms. The largest absolute Gasteiger partial charge is 0.368 e. The fourth-order valence-corrected chi connectivity index (χ4v) is 1.67. The van der Waals surface area contributed by atoms with Gasteiger partial charge in [-0.15, -0.1) is 0 Å². The van der Waals surface area contributed by atoms with E-state index in [-0.39, 0.29) is 5.95 Å². The standard InChI is InChI=1S/C13H13N5/c1-9-8-16-13(15)17-12(9)18(2)11-5-3-10(7-14)4-6-11/h3-6,8H,1-2H3,(H2,15,16,17). The molecule has 0 atom stereocenters.